The second-order valence-corrected chi connectivity index (χ2v) is 7.07. The summed E-state index contributed by atoms with van der Waals surface area (Å²) < 4.78 is 6.62. The van der Waals surface area contributed by atoms with Gasteiger partial charge < -0.3 is 10.1 Å². The van der Waals surface area contributed by atoms with Crippen LogP contribution in [-0.4, -0.2) is 19.1 Å². The highest BCUT2D eigenvalue weighted by molar-refractivity contribution is 9.10. The zero-order valence-electron chi connectivity index (χ0n) is 12.4. The number of hydrogen-bond acceptors (Lipinski definition) is 3. The van der Waals surface area contributed by atoms with Crippen molar-refractivity contribution in [2.24, 2.45) is 0 Å². The van der Waals surface area contributed by atoms with Crippen molar-refractivity contribution in [1.29, 1.82) is 0 Å². The third kappa shape index (κ3) is 4.56. The molecular formula is C18H16BrNO2S. The monoisotopic (exact) mass is 389 g/mol. The van der Waals surface area contributed by atoms with E-state index in [0.29, 0.717) is 12.3 Å². The molecule has 3 aromatic rings. The molecule has 0 saturated carbocycles. The number of rotatable bonds is 6. The van der Waals surface area contributed by atoms with Crippen molar-refractivity contribution in [1.82, 2.24) is 5.32 Å². The fourth-order valence-corrected chi connectivity index (χ4v) is 3.35. The first-order valence-electron chi connectivity index (χ1n) is 7.32. The van der Waals surface area contributed by atoms with E-state index < -0.39 is 0 Å². The maximum absolute atomic E-state index is 11.8. The molecule has 1 amide bonds. The number of hydrogen-bond donors (Lipinski definition) is 1. The lowest BCUT2D eigenvalue weighted by Crippen LogP contribution is -2.30. The molecule has 118 valence electrons. The van der Waals surface area contributed by atoms with Gasteiger partial charge in [-0.25, -0.2) is 0 Å². The number of ether oxygens (including phenoxy) is 1. The van der Waals surface area contributed by atoms with Gasteiger partial charge in [-0.05, 0) is 52.9 Å². The van der Waals surface area contributed by atoms with Crippen LogP contribution in [0.5, 0.6) is 5.75 Å². The van der Waals surface area contributed by atoms with E-state index in [9.17, 15) is 4.79 Å². The Morgan fingerprint density at radius 3 is 2.78 bits per heavy atom. The van der Waals surface area contributed by atoms with E-state index in [2.05, 4.69) is 33.4 Å². The highest BCUT2D eigenvalue weighted by atomic mass is 79.9. The molecule has 0 saturated heterocycles. The molecule has 0 unspecified atom stereocenters. The van der Waals surface area contributed by atoms with Gasteiger partial charge in [-0.15, -0.1) is 11.3 Å². The van der Waals surface area contributed by atoms with Crippen LogP contribution < -0.4 is 10.1 Å². The zero-order valence-corrected chi connectivity index (χ0v) is 14.8. The Labute approximate surface area is 147 Å². The molecule has 23 heavy (non-hydrogen) atoms. The lowest BCUT2D eigenvalue weighted by molar-refractivity contribution is -0.123. The van der Waals surface area contributed by atoms with Crippen molar-refractivity contribution >= 4 is 43.9 Å². The molecular weight excluding hydrogens is 374 g/mol. The van der Waals surface area contributed by atoms with Crippen LogP contribution in [0.1, 0.15) is 4.88 Å². The van der Waals surface area contributed by atoms with Crippen molar-refractivity contribution < 1.29 is 9.53 Å². The van der Waals surface area contributed by atoms with E-state index in [1.807, 2.05) is 41.8 Å². The van der Waals surface area contributed by atoms with Crippen LogP contribution in [0.25, 0.3) is 10.8 Å². The third-order valence-electron chi connectivity index (χ3n) is 3.42. The van der Waals surface area contributed by atoms with Crippen LogP contribution in [0, 0.1) is 0 Å². The Kier molecular flexibility index (Phi) is 5.31. The first-order chi connectivity index (χ1) is 11.2. The molecule has 5 heteroatoms. The fourth-order valence-electron chi connectivity index (χ4n) is 2.26. The molecule has 3 nitrogen and oxygen atoms in total. The third-order valence-corrected chi connectivity index (χ3v) is 4.85. The maximum Gasteiger partial charge on any atom is 0.257 e. The SMILES string of the molecule is O=C(COc1ccc2cc(Br)ccc2c1)NCCc1cccs1. The van der Waals surface area contributed by atoms with Gasteiger partial charge in [0, 0.05) is 15.9 Å². The summed E-state index contributed by atoms with van der Waals surface area (Å²) >= 11 is 5.16. The highest BCUT2D eigenvalue weighted by Gasteiger charge is 2.04. The summed E-state index contributed by atoms with van der Waals surface area (Å²) in [6, 6.07) is 16.0. The molecule has 0 aliphatic rings. The number of benzene rings is 2. The predicted molar refractivity (Wildman–Crippen MR) is 98.2 cm³/mol. The largest absolute Gasteiger partial charge is 0.484 e. The maximum atomic E-state index is 11.8. The van der Waals surface area contributed by atoms with E-state index in [-0.39, 0.29) is 12.5 Å². The van der Waals surface area contributed by atoms with Gasteiger partial charge in [0.2, 0.25) is 0 Å². The van der Waals surface area contributed by atoms with Gasteiger partial charge >= 0.3 is 0 Å². The number of thiophene rings is 1. The number of carbonyl (C=O) groups excluding carboxylic acids is 1. The number of amides is 1. The van der Waals surface area contributed by atoms with Gasteiger partial charge in [0.15, 0.2) is 6.61 Å². The summed E-state index contributed by atoms with van der Waals surface area (Å²) in [5.41, 5.74) is 0. The molecule has 0 bridgehead atoms. The molecule has 2 aromatic carbocycles. The van der Waals surface area contributed by atoms with Crippen LogP contribution in [0.2, 0.25) is 0 Å². The van der Waals surface area contributed by atoms with Gasteiger partial charge in [-0.1, -0.05) is 34.1 Å². The van der Waals surface area contributed by atoms with E-state index >= 15 is 0 Å². The van der Waals surface area contributed by atoms with Crippen LogP contribution in [0.3, 0.4) is 0 Å². The normalized spacial score (nSPS) is 10.7. The van der Waals surface area contributed by atoms with Crippen molar-refractivity contribution in [3.8, 4) is 5.75 Å². The molecule has 0 aliphatic carbocycles. The molecule has 0 spiro atoms. The molecule has 0 radical (unpaired) electrons. The second-order valence-electron chi connectivity index (χ2n) is 5.12. The van der Waals surface area contributed by atoms with Crippen LogP contribution in [0.4, 0.5) is 0 Å². The van der Waals surface area contributed by atoms with Gasteiger partial charge in [0.1, 0.15) is 5.75 Å². The molecule has 3 rings (SSSR count). The molecule has 1 N–H and O–H groups in total. The minimum absolute atomic E-state index is 0.0342. The molecule has 1 heterocycles. The van der Waals surface area contributed by atoms with Crippen LogP contribution in [-0.2, 0) is 11.2 Å². The summed E-state index contributed by atoms with van der Waals surface area (Å²) in [6.07, 6.45) is 0.855. The Balaban J connectivity index is 1.49. The average Bonchev–Trinajstić information content (AvgIpc) is 3.06. The molecule has 0 atom stereocenters. The summed E-state index contributed by atoms with van der Waals surface area (Å²) in [5.74, 6) is 0.602. The van der Waals surface area contributed by atoms with Crippen molar-refractivity contribution in [2.75, 3.05) is 13.2 Å². The quantitative estimate of drug-likeness (QED) is 0.678. The number of fused-ring (bicyclic) bond motifs is 1. The molecule has 1 aromatic heterocycles. The number of halogens is 1. The minimum Gasteiger partial charge on any atom is -0.484 e. The smallest absolute Gasteiger partial charge is 0.257 e. The summed E-state index contributed by atoms with van der Waals surface area (Å²) in [6.45, 7) is 0.668. The highest BCUT2D eigenvalue weighted by Crippen LogP contribution is 2.24. The predicted octanol–water partition coefficient (Wildman–Crippen LogP) is 4.40. The summed E-state index contributed by atoms with van der Waals surface area (Å²) in [7, 11) is 0. The van der Waals surface area contributed by atoms with Gasteiger partial charge in [0.25, 0.3) is 5.91 Å². The first kappa shape index (κ1) is 16.0. The van der Waals surface area contributed by atoms with Crippen molar-refractivity contribution in [3.05, 3.63) is 63.3 Å². The standard InChI is InChI=1S/C18H16BrNO2S/c19-15-5-3-14-11-16(6-4-13(14)10-15)22-12-18(21)20-8-7-17-2-1-9-23-17/h1-6,9-11H,7-8,12H2,(H,20,21). The van der Waals surface area contributed by atoms with Gasteiger partial charge in [-0.2, -0.15) is 0 Å². The summed E-state index contributed by atoms with van der Waals surface area (Å²) in [5, 5.41) is 7.13. The van der Waals surface area contributed by atoms with E-state index in [4.69, 9.17) is 4.74 Å². The van der Waals surface area contributed by atoms with Crippen LogP contribution >= 0.6 is 27.3 Å². The van der Waals surface area contributed by atoms with E-state index in [1.54, 1.807) is 11.3 Å². The summed E-state index contributed by atoms with van der Waals surface area (Å²) in [4.78, 5) is 13.1. The van der Waals surface area contributed by atoms with E-state index in [1.165, 1.54) is 4.88 Å². The Morgan fingerprint density at radius 2 is 1.96 bits per heavy atom. The van der Waals surface area contributed by atoms with E-state index in [0.717, 1.165) is 21.7 Å². The Morgan fingerprint density at radius 1 is 1.13 bits per heavy atom. The second kappa shape index (κ2) is 7.62. The zero-order chi connectivity index (χ0) is 16.1. The Bertz CT molecular complexity index is 802. The minimum atomic E-state index is -0.0996. The van der Waals surface area contributed by atoms with Crippen molar-refractivity contribution in [3.63, 3.8) is 0 Å². The number of carbonyl (C=O) groups is 1. The molecule has 0 aliphatic heterocycles. The molecule has 0 fully saturated rings. The van der Waals surface area contributed by atoms with Crippen LogP contribution in [0.15, 0.2) is 58.4 Å². The first-order valence-corrected chi connectivity index (χ1v) is 8.99. The lowest BCUT2D eigenvalue weighted by atomic mass is 10.1. The lowest BCUT2D eigenvalue weighted by Gasteiger charge is -2.08. The Hall–Kier alpha value is -1.85. The fraction of sp³-hybridized carbons (Fsp3) is 0.167. The van der Waals surface area contributed by atoms with Gasteiger partial charge in [-0.3, -0.25) is 4.79 Å². The van der Waals surface area contributed by atoms with Crippen molar-refractivity contribution in [2.45, 2.75) is 6.42 Å². The van der Waals surface area contributed by atoms with Gasteiger partial charge in [0.05, 0.1) is 0 Å². The topological polar surface area (TPSA) is 38.3 Å². The average molecular weight is 390 g/mol. The number of nitrogens with one attached hydrogen (secondary N) is 1.